The third kappa shape index (κ3) is 4.03. The van der Waals surface area contributed by atoms with E-state index in [4.69, 9.17) is 23.2 Å². The fraction of sp³-hybridized carbons (Fsp3) is 0.261. The van der Waals surface area contributed by atoms with Crippen LogP contribution in [0.25, 0.3) is 10.8 Å². The Morgan fingerprint density at radius 1 is 0.963 bits per heavy atom. The lowest BCUT2D eigenvalue weighted by atomic mass is 9.99. The van der Waals surface area contributed by atoms with Crippen molar-refractivity contribution in [3.05, 3.63) is 81.8 Å². The highest BCUT2D eigenvalue weighted by atomic mass is 35.5. The number of benzene rings is 3. The maximum Gasteiger partial charge on any atom is 0.164 e. The molecule has 4 rings (SSSR count). The zero-order chi connectivity index (χ0) is 18.8. The number of carbonyl (C=O) groups excluding carboxylic acids is 1. The summed E-state index contributed by atoms with van der Waals surface area (Å²) in [5.74, 6) is 0.197. The number of carbonyl (C=O) groups is 1. The van der Waals surface area contributed by atoms with Gasteiger partial charge in [0, 0.05) is 40.2 Å². The molecule has 1 heterocycles. The molecule has 2 nitrogen and oxygen atoms in total. The molecular formula is C23H21Cl2NO. The minimum atomic E-state index is 0.197. The van der Waals surface area contributed by atoms with Gasteiger partial charge in [-0.3, -0.25) is 9.69 Å². The van der Waals surface area contributed by atoms with E-state index in [1.54, 1.807) is 0 Å². The standard InChI is InChI=1S/C23H21Cl2NO/c24-21-8-3-9-22(25)20(21)15-26-12-4-7-19(26)14-23(27)18-11-10-16-5-1-2-6-17(16)13-18/h1-3,5-6,8-11,13,19H,4,7,12,14-15H2. The summed E-state index contributed by atoms with van der Waals surface area (Å²) in [7, 11) is 0. The third-order valence-electron chi connectivity index (χ3n) is 5.41. The van der Waals surface area contributed by atoms with Gasteiger partial charge < -0.3 is 0 Å². The van der Waals surface area contributed by atoms with Gasteiger partial charge in [-0.05, 0) is 48.4 Å². The van der Waals surface area contributed by atoms with Crippen molar-refractivity contribution in [1.82, 2.24) is 4.90 Å². The Balaban J connectivity index is 1.49. The third-order valence-corrected chi connectivity index (χ3v) is 6.12. The number of hydrogen-bond donors (Lipinski definition) is 0. The predicted molar refractivity (Wildman–Crippen MR) is 113 cm³/mol. The molecule has 3 aromatic carbocycles. The molecule has 0 radical (unpaired) electrons. The van der Waals surface area contributed by atoms with Crippen molar-refractivity contribution >= 4 is 39.8 Å². The first-order valence-corrected chi connectivity index (χ1v) is 10.1. The Bertz CT molecular complexity index is 965. The van der Waals surface area contributed by atoms with Crippen molar-refractivity contribution in [2.24, 2.45) is 0 Å². The summed E-state index contributed by atoms with van der Waals surface area (Å²) in [6, 6.07) is 19.9. The molecule has 3 aromatic rings. The molecule has 0 N–H and O–H groups in total. The normalized spacial score (nSPS) is 17.5. The summed E-state index contributed by atoms with van der Waals surface area (Å²) >= 11 is 12.7. The maximum absolute atomic E-state index is 12.9. The highest BCUT2D eigenvalue weighted by Crippen LogP contribution is 2.30. The van der Waals surface area contributed by atoms with Crippen LogP contribution in [0.2, 0.25) is 10.0 Å². The smallest absolute Gasteiger partial charge is 0.164 e. The van der Waals surface area contributed by atoms with E-state index in [-0.39, 0.29) is 11.8 Å². The van der Waals surface area contributed by atoms with Gasteiger partial charge in [-0.2, -0.15) is 0 Å². The van der Waals surface area contributed by atoms with Crippen molar-refractivity contribution in [3.8, 4) is 0 Å². The van der Waals surface area contributed by atoms with Crippen LogP contribution in [0, 0.1) is 0 Å². The van der Waals surface area contributed by atoms with Gasteiger partial charge >= 0.3 is 0 Å². The fourth-order valence-electron chi connectivity index (χ4n) is 3.92. The van der Waals surface area contributed by atoms with E-state index in [0.717, 1.165) is 41.3 Å². The molecule has 1 atom stereocenters. The van der Waals surface area contributed by atoms with E-state index >= 15 is 0 Å². The van der Waals surface area contributed by atoms with Crippen LogP contribution in [0.4, 0.5) is 0 Å². The van der Waals surface area contributed by atoms with Gasteiger partial charge in [-0.15, -0.1) is 0 Å². The van der Waals surface area contributed by atoms with Crippen LogP contribution in [0.15, 0.2) is 60.7 Å². The minimum Gasteiger partial charge on any atom is -0.296 e. The number of ketones is 1. The number of halogens is 2. The second-order valence-corrected chi connectivity index (χ2v) is 7.97. The lowest BCUT2D eigenvalue weighted by Gasteiger charge is -2.25. The molecule has 0 amide bonds. The Labute approximate surface area is 169 Å². The summed E-state index contributed by atoms with van der Waals surface area (Å²) in [6.45, 7) is 1.66. The van der Waals surface area contributed by atoms with Gasteiger partial charge in [0.2, 0.25) is 0 Å². The molecule has 0 spiro atoms. The minimum absolute atomic E-state index is 0.197. The van der Waals surface area contributed by atoms with Crippen LogP contribution < -0.4 is 0 Å². The Kier molecular flexibility index (Phi) is 5.49. The van der Waals surface area contributed by atoms with E-state index < -0.39 is 0 Å². The monoisotopic (exact) mass is 397 g/mol. The van der Waals surface area contributed by atoms with Crippen LogP contribution in [0.1, 0.15) is 35.2 Å². The molecule has 138 valence electrons. The second kappa shape index (κ2) is 8.02. The molecule has 1 saturated heterocycles. The zero-order valence-electron chi connectivity index (χ0n) is 15.0. The molecule has 1 fully saturated rings. The number of hydrogen-bond acceptors (Lipinski definition) is 2. The Morgan fingerprint density at radius 2 is 1.70 bits per heavy atom. The molecular weight excluding hydrogens is 377 g/mol. The van der Waals surface area contributed by atoms with Crippen LogP contribution in [-0.2, 0) is 6.54 Å². The Morgan fingerprint density at radius 3 is 2.48 bits per heavy atom. The average Bonchev–Trinajstić information content (AvgIpc) is 3.11. The molecule has 1 unspecified atom stereocenters. The first-order chi connectivity index (χ1) is 13.1. The number of Topliss-reactive ketones (excluding diaryl/α,β-unsaturated/α-hetero) is 1. The fourth-order valence-corrected chi connectivity index (χ4v) is 4.43. The molecule has 1 aliphatic rings. The van der Waals surface area contributed by atoms with E-state index in [0.29, 0.717) is 23.0 Å². The van der Waals surface area contributed by atoms with Gasteiger partial charge in [-0.25, -0.2) is 0 Å². The summed E-state index contributed by atoms with van der Waals surface area (Å²) < 4.78 is 0. The zero-order valence-corrected chi connectivity index (χ0v) is 16.5. The van der Waals surface area contributed by atoms with Gasteiger partial charge in [-0.1, -0.05) is 65.7 Å². The maximum atomic E-state index is 12.9. The first kappa shape index (κ1) is 18.5. The molecule has 4 heteroatoms. The van der Waals surface area contributed by atoms with Crippen molar-refractivity contribution in [2.45, 2.75) is 31.8 Å². The van der Waals surface area contributed by atoms with E-state index in [2.05, 4.69) is 11.0 Å². The van der Waals surface area contributed by atoms with Crippen molar-refractivity contribution < 1.29 is 4.79 Å². The molecule has 0 aliphatic carbocycles. The lowest BCUT2D eigenvalue weighted by Crippen LogP contribution is -2.31. The van der Waals surface area contributed by atoms with Crippen LogP contribution in [-0.4, -0.2) is 23.3 Å². The summed E-state index contributed by atoms with van der Waals surface area (Å²) in [5, 5.41) is 3.64. The summed E-state index contributed by atoms with van der Waals surface area (Å²) in [6.07, 6.45) is 2.65. The SMILES string of the molecule is O=C(CC1CCCN1Cc1c(Cl)cccc1Cl)c1ccc2ccccc2c1. The number of likely N-dealkylation sites (tertiary alicyclic amines) is 1. The van der Waals surface area contributed by atoms with Gasteiger partial charge in [0.15, 0.2) is 5.78 Å². The van der Waals surface area contributed by atoms with Gasteiger partial charge in [0.05, 0.1) is 0 Å². The number of rotatable bonds is 5. The first-order valence-electron chi connectivity index (χ1n) is 9.31. The predicted octanol–water partition coefficient (Wildman–Crippen LogP) is 6.38. The van der Waals surface area contributed by atoms with Gasteiger partial charge in [0.1, 0.15) is 0 Å². The highest BCUT2D eigenvalue weighted by Gasteiger charge is 2.28. The van der Waals surface area contributed by atoms with E-state index in [1.165, 1.54) is 0 Å². The van der Waals surface area contributed by atoms with Crippen molar-refractivity contribution in [2.75, 3.05) is 6.54 Å². The topological polar surface area (TPSA) is 20.3 Å². The second-order valence-electron chi connectivity index (χ2n) is 7.16. The molecule has 0 saturated carbocycles. The lowest BCUT2D eigenvalue weighted by molar-refractivity contribution is 0.0938. The van der Waals surface area contributed by atoms with Gasteiger partial charge in [0.25, 0.3) is 0 Å². The Hall–Kier alpha value is -1.87. The molecule has 27 heavy (non-hydrogen) atoms. The summed E-state index contributed by atoms with van der Waals surface area (Å²) in [5.41, 5.74) is 1.74. The van der Waals surface area contributed by atoms with Crippen LogP contribution >= 0.6 is 23.2 Å². The van der Waals surface area contributed by atoms with Crippen LogP contribution in [0.3, 0.4) is 0 Å². The quantitative estimate of drug-likeness (QED) is 0.465. The molecule has 0 aromatic heterocycles. The molecule has 0 bridgehead atoms. The highest BCUT2D eigenvalue weighted by molar-refractivity contribution is 6.35. The van der Waals surface area contributed by atoms with E-state index in [1.807, 2.05) is 54.6 Å². The largest absolute Gasteiger partial charge is 0.296 e. The average molecular weight is 398 g/mol. The van der Waals surface area contributed by atoms with E-state index in [9.17, 15) is 4.79 Å². The van der Waals surface area contributed by atoms with Crippen molar-refractivity contribution in [3.63, 3.8) is 0 Å². The van der Waals surface area contributed by atoms with Crippen molar-refractivity contribution in [1.29, 1.82) is 0 Å². The molecule has 1 aliphatic heterocycles. The van der Waals surface area contributed by atoms with Crippen LogP contribution in [0.5, 0.6) is 0 Å². The number of nitrogens with zero attached hydrogens (tertiary/aromatic N) is 1. The number of fused-ring (bicyclic) bond motifs is 1. The summed E-state index contributed by atoms with van der Waals surface area (Å²) in [4.78, 5) is 15.2.